The van der Waals surface area contributed by atoms with E-state index in [2.05, 4.69) is 15.9 Å². The minimum absolute atomic E-state index is 0.281. The number of carbonyl (C=O) groups is 3. The average Bonchev–Trinajstić information content (AvgIpc) is 2.29. The van der Waals surface area contributed by atoms with Crippen molar-refractivity contribution in [2.75, 3.05) is 13.1 Å². The van der Waals surface area contributed by atoms with Gasteiger partial charge in [0.1, 0.15) is 18.9 Å². The normalized spacial score (nSPS) is 10.0. The highest BCUT2D eigenvalue weighted by Gasteiger charge is 2.22. The van der Waals surface area contributed by atoms with Crippen LogP contribution in [0.15, 0.2) is 22.7 Å². The molecule has 0 atom stereocenters. The summed E-state index contributed by atoms with van der Waals surface area (Å²) in [5.41, 5.74) is 9.65. The van der Waals surface area contributed by atoms with Crippen molar-refractivity contribution in [2.24, 2.45) is 11.5 Å². The Balaban J connectivity index is 3.07. The number of amides is 3. The van der Waals surface area contributed by atoms with Gasteiger partial charge in [0.15, 0.2) is 0 Å². The minimum atomic E-state index is -0.837. The monoisotopic (exact) mass is 331 g/mol. The van der Waals surface area contributed by atoms with Gasteiger partial charge in [-0.3, -0.25) is 14.4 Å². The molecule has 0 fully saturated rings. The first-order chi connectivity index (χ1) is 8.81. The van der Waals surface area contributed by atoms with Crippen LogP contribution in [0.2, 0.25) is 0 Å². The molecule has 0 radical (unpaired) electrons. The van der Waals surface area contributed by atoms with Crippen LogP contribution in [0.3, 0.4) is 0 Å². The maximum absolute atomic E-state index is 13.6. The number of primary amides is 2. The highest BCUT2D eigenvalue weighted by molar-refractivity contribution is 9.10. The average molecular weight is 332 g/mol. The molecule has 1 aromatic carbocycles. The van der Waals surface area contributed by atoms with E-state index in [9.17, 15) is 18.8 Å². The van der Waals surface area contributed by atoms with Crippen molar-refractivity contribution >= 4 is 33.7 Å². The summed E-state index contributed by atoms with van der Waals surface area (Å²) in [5, 5.41) is 0. The van der Waals surface area contributed by atoms with Gasteiger partial charge in [-0.05, 0) is 18.2 Å². The van der Waals surface area contributed by atoms with Gasteiger partial charge in [-0.15, -0.1) is 0 Å². The van der Waals surface area contributed by atoms with Gasteiger partial charge in [-0.1, -0.05) is 15.9 Å². The highest BCUT2D eigenvalue weighted by atomic mass is 79.9. The van der Waals surface area contributed by atoms with Gasteiger partial charge in [-0.25, -0.2) is 4.39 Å². The zero-order valence-corrected chi connectivity index (χ0v) is 11.3. The molecule has 0 aliphatic carbocycles. The first-order valence-corrected chi connectivity index (χ1v) is 5.91. The summed E-state index contributed by atoms with van der Waals surface area (Å²) in [4.78, 5) is 34.5. The topological polar surface area (TPSA) is 106 Å². The molecule has 1 aromatic rings. The lowest BCUT2D eigenvalue weighted by molar-refractivity contribution is -0.121. The molecule has 0 aliphatic heterocycles. The van der Waals surface area contributed by atoms with Crippen molar-refractivity contribution in [2.45, 2.75) is 0 Å². The minimum Gasteiger partial charge on any atom is -0.368 e. The second kappa shape index (κ2) is 6.28. The van der Waals surface area contributed by atoms with Crippen molar-refractivity contribution in [3.05, 3.63) is 34.1 Å². The number of benzene rings is 1. The third kappa shape index (κ3) is 4.32. The molecule has 6 nitrogen and oxygen atoms in total. The van der Waals surface area contributed by atoms with Crippen LogP contribution >= 0.6 is 15.9 Å². The van der Waals surface area contributed by atoms with Crippen LogP contribution in [-0.4, -0.2) is 35.7 Å². The van der Waals surface area contributed by atoms with Crippen LogP contribution in [0.25, 0.3) is 0 Å². The second-order valence-corrected chi connectivity index (χ2v) is 4.63. The van der Waals surface area contributed by atoms with Gasteiger partial charge in [0, 0.05) is 4.47 Å². The molecule has 0 spiro atoms. The molecule has 0 bridgehead atoms. The third-order valence-electron chi connectivity index (χ3n) is 2.14. The summed E-state index contributed by atoms with van der Waals surface area (Å²) in [7, 11) is 0. The van der Waals surface area contributed by atoms with Gasteiger partial charge in [0.2, 0.25) is 11.8 Å². The van der Waals surface area contributed by atoms with E-state index >= 15 is 0 Å². The maximum Gasteiger partial charge on any atom is 0.257 e. The smallest absolute Gasteiger partial charge is 0.257 e. The Labute approximate surface area is 116 Å². The molecule has 0 unspecified atom stereocenters. The Morgan fingerprint density at radius 3 is 2.16 bits per heavy atom. The van der Waals surface area contributed by atoms with Gasteiger partial charge < -0.3 is 16.4 Å². The summed E-state index contributed by atoms with van der Waals surface area (Å²) in [5.74, 6) is -3.27. The zero-order valence-electron chi connectivity index (χ0n) is 9.73. The maximum atomic E-state index is 13.6. The number of hydrogen-bond acceptors (Lipinski definition) is 3. The fourth-order valence-corrected chi connectivity index (χ4v) is 1.77. The lowest BCUT2D eigenvalue weighted by atomic mass is 10.2. The van der Waals surface area contributed by atoms with E-state index in [0.717, 1.165) is 11.0 Å². The molecule has 0 aliphatic rings. The van der Waals surface area contributed by atoms with E-state index in [1.165, 1.54) is 12.1 Å². The lowest BCUT2D eigenvalue weighted by Crippen LogP contribution is -2.43. The quantitative estimate of drug-likeness (QED) is 0.792. The van der Waals surface area contributed by atoms with Gasteiger partial charge in [-0.2, -0.15) is 0 Å². The lowest BCUT2D eigenvalue weighted by Gasteiger charge is -2.19. The molecular formula is C11H11BrFN3O3. The van der Waals surface area contributed by atoms with Gasteiger partial charge >= 0.3 is 0 Å². The number of hydrogen-bond donors (Lipinski definition) is 2. The predicted molar refractivity (Wildman–Crippen MR) is 68.4 cm³/mol. The van der Waals surface area contributed by atoms with E-state index in [4.69, 9.17) is 11.5 Å². The summed E-state index contributed by atoms with van der Waals surface area (Å²) < 4.78 is 14.0. The second-order valence-electron chi connectivity index (χ2n) is 3.72. The number of nitrogens with zero attached hydrogens (tertiary/aromatic N) is 1. The Bertz CT molecular complexity index is 520. The van der Waals surface area contributed by atoms with E-state index in [1.807, 2.05) is 0 Å². The first-order valence-electron chi connectivity index (χ1n) is 5.12. The summed E-state index contributed by atoms with van der Waals surface area (Å²) >= 11 is 3.09. The van der Waals surface area contributed by atoms with Crippen LogP contribution < -0.4 is 11.5 Å². The Kier molecular flexibility index (Phi) is 4.99. The van der Waals surface area contributed by atoms with Crippen LogP contribution in [0.5, 0.6) is 0 Å². The van der Waals surface area contributed by atoms with Crippen molar-refractivity contribution in [1.82, 2.24) is 4.90 Å². The number of nitrogens with two attached hydrogens (primary N) is 2. The van der Waals surface area contributed by atoms with E-state index in [-0.39, 0.29) is 5.56 Å². The van der Waals surface area contributed by atoms with Crippen molar-refractivity contribution in [3.63, 3.8) is 0 Å². The Morgan fingerprint density at radius 2 is 1.68 bits per heavy atom. The first kappa shape index (κ1) is 15.1. The molecule has 102 valence electrons. The number of halogens is 2. The van der Waals surface area contributed by atoms with Gasteiger partial charge in [0.25, 0.3) is 5.91 Å². The summed E-state index contributed by atoms with van der Waals surface area (Å²) in [6.45, 7) is -1.04. The predicted octanol–water partition coefficient (Wildman–Crippen LogP) is 0.001000. The number of rotatable bonds is 5. The van der Waals surface area contributed by atoms with Gasteiger partial charge in [0.05, 0.1) is 5.56 Å². The largest absolute Gasteiger partial charge is 0.368 e. The summed E-state index contributed by atoms with van der Waals surface area (Å²) in [6, 6.07) is 3.75. The van der Waals surface area contributed by atoms with Crippen molar-refractivity contribution in [1.29, 1.82) is 0 Å². The zero-order chi connectivity index (χ0) is 14.6. The molecule has 3 amide bonds. The molecule has 4 N–H and O–H groups in total. The molecule has 0 saturated carbocycles. The molecule has 0 heterocycles. The fourth-order valence-electron chi connectivity index (χ4n) is 1.41. The Hall–Kier alpha value is -1.96. The molecule has 8 heteroatoms. The highest BCUT2D eigenvalue weighted by Crippen LogP contribution is 2.17. The van der Waals surface area contributed by atoms with E-state index in [0.29, 0.717) is 4.47 Å². The van der Waals surface area contributed by atoms with Crippen LogP contribution in [0, 0.1) is 5.82 Å². The molecular weight excluding hydrogens is 321 g/mol. The Morgan fingerprint density at radius 1 is 1.16 bits per heavy atom. The number of carbonyl (C=O) groups excluding carboxylic acids is 3. The molecule has 0 saturated heterocycles. The van der Waals surface area contributed by atoms with Crippen molar-refractivity contribution < 1.29 is 18.8 Å². The molecule has 19 heavy (non-hydrogen) atoms. The standard InChI is InChI=1S/C11H11BrFN3O3/c12-6-1-2-8(13)7(3-6)11(19)16(4-9(14)17)5-10(15)18/h1-3H,4-5H2,(H2,14,17)(H2,15,18). The molecule has 1 rings (SSSR count). The molecule has 0 aromatic heterocycles. The SMILES string of the molecule is NC(=O)CN(CC(N)=O)C(=O)c1cc(Br)ccc1F. The van der Waals surface area contributed by atoms with Crippen LogP contribution in [0.4, 0.5) is 4.39 Å². The van der Waals surface area contributed by atoms with E-state index in [1.54, 1.807) is 0 Å². The fraction of sp³-hybridized carbons (Fsp3) is 0.182. The third-order valence-corrected chi connectivity index (χ3v) is 2.63. The van der Waals surface area contributed by atoms with E-state index < -0.39 is 36.6 Å². The van der Waals surface area contributed by atoms with Crippen molar-refractivity contribution in [3.8, 4) is 0 Å². The summed E-state index contributed by atoms with van der Waals surface area (Å²) in [6.07, 6.45) is 0. The van der Waals surface area contributed by atoms with Crippen LogP contribution in [-0.2, 0) is 9.59 Å². The van der Waals surface area contributed by atoms with Crippen LogP contribution in [0.1, 0.15) is 10.4 Å².